The van der Waals surface area contributed by atoms with Crippen molar-refractivity contribution in [1.29, 1.82) is 0 Å². The van der Waals surface area contributed by atoms with Crippen LogP contribution in [0.2, 0.25) is 0 Å². The minimum Gasteiger partial charge on any atom is -0.454 e. The second-order valence-electron chi connectivity index (χ2n) is 5.59. The number of aromatic nitrogens is 1. The average Bonchev–Trinajstić information content (AvgIpc) is 2.97. The molecular weight excluding hydrogens is 371 g/mol. The van der Waals surface area contributed by atoms with Gasteiger partial charge in [0.25, 0.3) is 0 Å². The molecule has 5 nitrogen and oxygen atoms in total. The summed E-state index contributed by atoms with van der Waals surface area (Å²) in [4.78, 5) is 4.11. The van der Waals surface area contributed by atoms with Crippen molar-refractivity contribution < 1.29 is 30.2 Å². The van der Waals surface area contributed by atoms with E-state index in [0.717, 1.165) is 5.39 Å². The van der Waals surface area contributed by atoms with Gasteiger partial charge in [0, 0.05) is 30.1 Å². The molecule has 0 unspecified atom stereocenters. The number of furan rings is 1. The van der Waals surface area contributed by atoms with Gasteiger partial charge >= 0.3 is 16.3 Å². The van der Waals surface area contributed by atoms with Gasteiger partial charge < -0.3 is 8.60 Å². The quantitative estimate of drug-likeness (QED) is 0.583. The van der Waals surface area contributed by atoms with Crippen molar-refractivity contribution in [3.05, 3.63) is 48.7 Å². The summed E-state index contributed by atoms with van der Waals surface area (Å²) in [6.07, 6.45) is -4.81. The van der Waals surface area contributed by atoms with E-state index in [1.165, 1.54) is 18.3 Å². The lowest BCUT2D eigenvalue weighted by molar-refractivity contribution is -0.134. The summed E-state index contributed by atoms with van der Waals surface area (Å²) in [5, 5.41) is 0.857. The first-order valence-electron chi connectivity index (χ1n) is 7.66. The van der Waals surface area contributed by atoms with E-state index >= 15 is 0 Å². The van der Waals surface area contributed by atoms with Gasteiger partial charge in [-0.3, -0.25) is 4.98 Å². The van der Waals surface area contributed by atoms with Gasteiger partial charge in [-0.05, 0) is 18.6 Å². The molecule has 2 heterocycles. The number of halogens is 3. The molecule has 3 aromatic rings. The summed E-state index contributed by atoms with van der Waals surface area (Å²) in [5.41, 5.74) is 1.000. The maximum Gasteiger partial charge on any atom is 0.389 e. The first-order chi connectivity index (χ1) is 12.2. The van der Waals surface area contributed by atoms with Crippen LogP contribution in [0.25, 0.3) is 22.4 Å². The molecule has 26 heavy (non-hydrogen) atoms. The summed E-state index contributed by atoms with van der Waals surface area (Å²) in [6, 6.07) is 11.7. The Balaban J connectivity index is 1.74. The number of hydrogen-bond donors (Lipinski definition) is 0. The van der Waals surface area contributed by atoms with Crippen LogP contribution in [0.15, 0.2) is 53.1 Å². The van der Waals surface area contributed by atoms with Gasteiger partial charge in [0.2, 0.25) is 0 Å². The van der Waals surface area contributed by atoms with Crippen LogP contribution in [0, 0.1) is 0 Å². The van der Waals surface area contributed by atoms with Gasteiger partial charge in [0.15, 0.2) is 5.76 Å². The standard InChI is InChI=1S/C17H14F3NO4S/c18-17(19,20)7-3-9-26(22,23)25-13-6-8-21-14(11-13)16-10-12-4-1-2-5-15(12)24-16/h1-2,4-6,8,10-11H,3,7,9H2. The fraction of sp³-hybridized carbons (Fsp3) is 0.235. The minimum absolute atomic E-state index is 0.0394. The molecule has 1 aromatic carbocycles. The van der Waals surface area contributed by atoms with E-state index < -0.39 is 34.9 Å². The predicted molar refractivity (Wildman–Crippen MR) is 89.1 cm³/mol. The zero-order chi connectivity index (χ0) is 18.8. The molecule has 0 aliphatic heterocycles. The number of pyridine rings is 1. The highest BCUT2D eigenvalue weighted by Crippen LogP contribution is 2.29. The molecule has 0 aliphatic carbocycles. The Kier molecular flexibility index (Phi) is 4.90. The lowest BCUT2D eigenvalue weighted by Crippen LogP contribution is -2.16. The second-order valence-corrected chi connectivity index (χ2v) is 7.28. The monoisotopic (exact) mass is 385 g/mol. The number of alkyl halides is 3. The number of para-hydroxylation sites is 1. The maximum atomic E-state index is 12.1. The molecule has 0 radical (unpaired) electrons. The van der Waals surface area contributed by atoms with Crippen LogP contribution in [0.5, 0.6) is 5.75 Å². The zero-order valence-corrected chi connectivity index (χ0v) is 14.2. The molecule has 0 aliphatic rings. The first kappa shape index (κ1) is 18.2. The predicted octanol–water partition coefficient (Wildman–Crippen LogP) is 4.55. The lowest BCUT2D eigenvalue weighted by Gasteiger charge is -2.08. The third kappa shape index (κ3) is 4.75. The second kappa shape index (κ2) is 6.99. The molecule has 0 bridgehead atoms. The summed E-state index contributed by atoms with van der Waals surface area (Å²) in [5.74, 6) is -0.344. The largest absolute Gasteiger partial charge is 0.454 e. The molecule has 0 fully saturated rings. The number of hydrogen-bond acceptors (Lipinski definition) is 5. The molecule has 0 saturated carbocycles. The van der Waals surface area contributed by atoms with Gasteiger partial charge in [-0.15, -0.1) is 0 Å². The van der Waals surface area contributed by atoms with E-state index in [0.29, 0.717) is 17.0 Å². The molecule has 2 aromatic heterocycles. The van der Waals surface area contributed by atoms with Gasteiger partial charge in [-0.1, -0.05) is 18.2 Å². The summed E-state index contributed by atoms with van der Waals surface area (Å²) in [7, 11) is -4.14. The smallest absolute Gasteiger partial charge is 0.389 e. The van der Waals surface area contributed by atoms with E-state index in [2.05, 4.69) is 4.98 Å². The van der Waals surface area contributed by atoms with Gasteiger partial charge in [0.05, 0.1) is 5.75 Å². The number of nitrogens with zero attached hydrogens (tertiary/aromatic N) is 1. The molecule has 3 rings (SSSR count). The van der Waals surface area contributed by atoms with E-state index in [9.17, 15) is 21.6 Å². The van der Waals surface area contributed by atoms with Crippen molar-refractivity contribution in [2.75, 3.05) is 5.75 Å². The highest BCUT2D eigenvalue weighted by molar-refractivity contribution is 7.87. The van der Waals surface area contributed by atoms with Crippen LogP contribution in [0.3, 0.4) is 0 Å². The van der Waals surface area contributed by atoms with Gasteiger partial charge in [-0.2, -0.15) is 21.6 Å². The lowest BCUT2D eigenvalue weighted by atomic mass is 10.2. The number of fused-ring (bicyclic) bond motifs is 1. The van der Waals surface area contributed by atoms with Crippen molar-refractivity contribution in [3.63, 3.8) is 0 Å². The highest BCUT2D eigenvalue weighted by Gasteiger charge is 2.28. The van der Waals surface area contributed by atoms with Gasteiger partial charge in [0.1, 0.15) is 17.0 Å². The zero-order valence-electron chi connectivity index (χ0n) is 13.4. The average molecular weight is 385 g/mol. The van der Waals surface area contributed by atoms with Crippen molar-refractivity contribution in [2.24, 2.45) is 0 Å². The normalized spacial score (nSPS) is 12.4. The minimum atomic E-state index is -4.40. The summed E-state index contributed by atoms with van der Waals surface area (Å²) < 4.78 is 70.6. The Morgan fingerprint density at radius 1 is 1.12 bits per heavy atom. The third-order valence-electron chi connectivity index (χ3n) is 3.49. The number of benzene rings is 1. The fourth-order valence-electron chi connectivity index (χ4n) is 2.34. The molecule has 0 saturated heterocycles. The maximum absolute atomic E-state index is 12.1. The number of rotatable bonds is 6. The van der Waals surface area contributed by atoms with E-state index in [1.807, 2.05) is 18.2 Å². The molecule has 138 valence electrons. The van der Waals surface area contributed by atoms with E-state index in [4.69, 9.17) is 8.60 Å². The molecule has 0 atom stereocenters. The van der Waals surface area contributed by atoms with Crippen molar-refractivity contribution in [2.45, 2.75) is 19.0 Å². The Hall–Kier alpha value is -2.55. The van der Waals surface area contributed by atoms with E-state index in [-0.39, 0.29) is 5.75 Å². The van der Waals surface area contributed by atoms with Crippen LogP contribution in [-0.4, -0.2) is 25.3 Å². The van der Waals surface area contributed by atoms with Crippen molar-refractivity contribution >= 4 is 21.1 Å². The van der Waals surface area contributed by atoms with Crippen LogP contribution in [-0.2, 0) is 10.1 Å². The molecule has 0 spiro atoms. The Bertz CT molecular complexity index is 979. The Morgan fingerprint density at radius 2 is 1.88 bits per heavy atom. The summed E-state index contributed by atoms with van der Waals surface area (Å²) >= 11 is 0. The van der Waals surface area contributed by atoms with Crippen LogP contribution < -0.4 is 4.18 Å². The third-order valence-corrected chi connectivity index (χ3v) is 4.72. The van der Waals surface area contributed by atoms with Crippen LogP contribution in [0.4, 0.5) is 13.2 Å². The Morgan fingerprint density at radius 3 is 2.62 bits per heavy atom. The fourth-order valence-corrected chi connectivity index (χ4v) is 3.32. The SMILES string of the molecule is O=S(=O)(CCCC(F)(F)F)Oc1ccnc(-c2cc3ccccc3o2)c1. The van der Waals surface area contributed by atoms with Crippen LogP contribution in [0.1, 0.15) is 12.8 Å². The highest BCUT2D eigenvalue weighted by atomic mass is 32.2. The summed E-state index contributed by atoms with van der Waals surface area (Å²) in [6.45, 7) is 0. The molecule has 0 amide bonds. The van der Waals surface area contributed by atoms with Crippen molar-refractivity contribution in [1.82, 2.24) is 4.98 Å². The topological polar surface area (TPSA) is 69.4 Å². The van der Waals surface area contributed by atoms with Gasteiger partial charge in [-0.25, -0.2) is 0 Å². The molecule has 0 N–H and O–H groups in total. The van der Waals surface area contributed by atoms with Crippen LogP contribution >= 0.6 is 0 Å². The Labute approximate surface area is 147 Å². The molecular formula is C17H14F3NO4S. The first-order valence-corrected chi connectivity index (χ1v) is 9.23. The molecule has 9 heteroatoms. The van der Waals surface area contributed by atoms with Crippen molar-refractivity contribution in [3.8, 4) is 17.2 Å². The van der Waals surface area contributed by atoms with E-state index in [1.54, 1.807) is 12.1 Å².